The number of para-hydroxylation sites is 1. The van der Waals surface area contributed by atoms with Crippen molar-refractivity contribution >= 4 is 52.1 Å². The van der Waals surface area contributed by atoms with Crippen LogP contribution in [0.15, 0.2) is 103 Å². The van der Waals surface area contributed by atoms with Gasteiger partial charge in [-0.05, 0) is 77.6 Å². The fourth-order valence-electron chi connectivity index (χ4n) is 7.33. The Morgan fingerprint density at radius 2 is 1.44 bits per heavy atom. The van der Waals surface area contributed by atoms with Crippen LogP contribution in [0.2, 0.25) is 13.1 Å². The Hall–Kier alpha value is -3.83. The number of aliphatic hydroxyl groups is 1. The summed E-state index contributed by atoms with van der Waals surface area (Å²) in [6, 6.07) is 34.2. The largest absolute Gasteiger partial charge is 0.512 e. The number of anilines is 3. The van der Waals surface area contributed by atoms with Crippen molar-refractivity contribution < 1.29 is 30.0 Å². The summed E-state index contributed by atoms with van der Waals surface area (Å²) in [4.78, 5) is 19.6. The number of fused-ring (bicyclic) bond motifs is 4. The summed E-state index contributed by atoms with van der Waals surface area (Å²) >= 11 is 0. The molecule has 0 atom stereocenters. The van der Waals surface area contributed by atoms with Crippen LogP contribution in [0.5, 0.6) is 0 Å². The van der Waals surface area contributed by atoms with Crippen molar-refractivity contribution in [1.82, 2.24) is 4.98 Å². The summed E-state index contributed by atoms with van der Waals surface area (Å²) < 4.78 is 0. The third kappa shape index (κ3) is 6.10. The van der Waals surface area contributed by atoms with Gasteiger partial charge in [0, 0.05) is 54.6 Å². The zero-order chi connectivity index (χ0) is 35.1. The second-order valence-electron chi connectivity index (χ2n) is 14.6. The van der Waals surface area contributed by atoms with E-state index in [4.69, 9.17) is 4.98 Å². The molecule has 1 N–H and O–H groups in total. The first kappa shape index (κ1) is 37.4. The Balaban J connectivity index is 0.000000234. The van der Waals surface area contributed by atoms with Gasteiger partial charge in [-0.3, -0.25) is 4.79 Å². The van der Waals surface area contributed by atoms with E-state index in [-0.39, 0.29) is 42.5 Å². The molecule has 0 bridgehead atoms. The van der Waals surface area contributed by atoms with Crippen LogP contribution in [0.25, 0.3) is 33.2 Å². The predicted octanol–water partition coefficient (Wildman–Crippen LogP) is 10.9. The molecule has 4 aromatic carbocycles. The van der Waals surface area contributed by atoms with Crippen molar-refractivity contribution in [3.05, 3.63) is 109 Å². The Bertz CT molecular complexity index is 2060. The fourth-order valence-corrected chi connectivity index (χ4v) is 10.4. The molecular weight excluding hydrogens is 809 g/mol. The van der Waals surface area contributed by atoms with Crippen LogP contribution in [0.3, 0.4) is 0 Å². The van der Waals surface area contributed by atoms with E-state index in [1.165, 1.54) is 44.0 Å². The Morgan fingerprint density at radius 3 is 2.10 bits per heavy atom. The molecule has 0 saturated carbocycles. The van der Waals surface area contributed by atoms with Crippen molar-refractivity contribution in [2.75, 3.05) is 4.90 Å². The van der Waals surface area contributed by atoms with Gasteiger partial charge in [0.1, 0.15) is 13.8 Å². The molecule has 0 spiro atoms. The van der Waals surface area contributed by atoms with Crippen molar-refractivity contribution in [3.63, 3.8) is 0 Å². The molecule has 0 unspecified atom stereocenters. The zero-order valence-electron chi connectivity index (χ0n) is 30.6. The molecule has 50 heavy (non-hydrogen) atoms. The van der Waals surface area contributed by atoms with Gasteiger partial charge in [-0.1, -0.05) is 125 Å². The topological polar surface area (TPSA) is 53.4 Å². The summed E-state index contributed by atoms with van der Waals surface area (Å²) in [6.45, 7) is 17.0. The fraction of sp³-hybridized carbons (Fsp3) is 0.318. The smallest absolute Gasteiger partial charge is 0.164 e. The number of aromatic nitrogens is 1. The quantitative estimate of drug-likeness (QED) is 0.0717. The van der Waals surface area contributed by atoms with Crippen molar-refractivity contribution in [3.8, 4) is 22.4 Å². The van der Waals surface area contributed by atoms with Gasteiger partial charge in [0.25, 0.3) is 0 Å². The van der Waals surface area contributed by atoms with Crippen molar-refractivity contribution in [2.24, 2.45) is 10.8 Å². The van der Waals surface area contributed by atoms with E-state index < -0.39 is 8.07 Å². The maximum absolute atomic E-state index is 12.2. The number of aliphatic hydroxyl groups excluding tert-OH is 1. The van der Waals surface area contributed by atoms with Crippen LogP contribution in [0.1, 0.15) is 67.2 Å². The molecule has 5 aromatic rings. The number of hydrogen-bond acceptors (Lipinski definition) is 4. The molecule has 4 nitrogen and oxygen atoms in total. The molecule has 1 aromatic heterocycles. The minimum atomic E-state index is -1.81. The Morgan fingerprint density at radius 1 is 0.820 bits per heavy atom. The van der Waals surface area contributed by atoms with Gasteiger partial charge in [-0.15, -0.1) is 17.7 Å². The van der Waals surface area contributed by atoms with Gasteiger partial charge >= 0.3 is 0 Å². The van der Waals surface area contributed by atoms with E-state index in [2.05, 4.69) is 109 Å². The van der Waals surface area contributed by atoms with Crippen molar-refractivity contribution in [1.29, 1.82) is 0 Å². The molecule has 6 heteroatoms. The standard InChI is InChI=1S/C29H21N2Si.C15H28O2.Ir/c1-32(2)24-14-8-13-23-26(24)27-25(32)17-18-30-28(27)22-16-15-19-9-6-7-12-21(19)29(22)31(23)20-10-4-3-5-11-20;1-7-14(5,8-2)12(16)11-13(17)15(6,9-3)10-4;/h3-15,17-18H,1-2H3;11,16H,7-10H2,1-6H3;/q-1;;/b;12-11-;. The second-order valence-corrected chi connectivity index (χ2v) is 18.9. The molecule has 0 aliphatic carbocycles. The number of ketones is 1. The number of pyridine rings is 1. The molecular formula is C44H49IrN2O2Si-. The number of nitrogens with zero attached hydrogens (tertiary/aromatic N) is 2. The molecule has 0 amide bonds. The number of rotatable bonds is 8. The number of allylic oxidation sites excluding steroid dienone is 2. The maximum Gasteiger partial charge on any atom is 0.164 e. The SMILES string of the molecule is CCC(C)(CC)C(=O)/C=C(\O)C(C)(CC)CC.C[Si]1(C)c2cccc3c2-c2c1ccnc2-c1[c-]cc2ccccc2c1N3c1ccccc1.[Ir]. The number of carbonyl (C=O) groups excluding carboxylic acids is 1. The van der Waals surface area contributed by atoms with Gasteiger partial charge in [0.15, 0.2) is 5.78 Å². The number of benzene rings is 4. The minimum Gasteiger partial charge on any atom is -0.512 e. The zero-order valence-corrected chi connectivity index (χ0v) is 34.0. The first-order valence-electron chi connectivity index (χ1n) is 17.8. The third-order valence-electron chi connectivity index (χ3n) is 11.7. The monoisotopic (exact) mass is 858 g/mol. The molecule has 3 heterocycles. The Labute approximate surface area is 313 Å². The first-order valence-corrected chi connectivity index (χ1v) is 20.8. The summed E-state index contributed by atoms with van der Waals surface area (Å²) in [5.74, 6) is 0.286. The van der Waals surface area contributed by atoms with Gasteiger partial charge < -0.3 is 15.0 Å². The van der Waals surface area contributed by atoms with Crippen LogP contribution in [-0.4, -0.2) is 23.9 Å². The van der Waals surface area contributed by atoms with E-state index in [1.54, 1.807) is 0 Å². The third-order valence-corrected chi connectivity index (χ3v) is 15.3. The molecule has 2 aliphatic heterocycles. The normalized spacial score (nSPS) is 14.2. The number of hydrogen-bond donors (Lipinski definition) is 1. The molecule has 2 aliphatic rings. The average molecular weight is 858 g/mol. The predicted molar refractivity (Wildman–Crippen MR) is 210 cm³/mol. The van der Waals surface area contributed by atoms with Gasteiger partial charge in [-0.25, -0.2) is 0 Å². The average Bonchev–Trinajstić information content (AvgIpc) is 3.29. The van der Waals surface area contributed by atoms with Crippen LogP contribution in [0.4, 0.5) is 17.1 Å². The van der Waals surface area contributed by atoms with Crippen molar-refractivity contribution in [2.45, 2.75) is 80.3 Å². The summed E-state index contributed by atoms with van der Waals surface area (Å²) in [5.41, 5.74) is 7.79. The van der Waals surface area contributed by atoms with Gasteiger partial charge in [0.05, 0.1) is 0 Å². The van der Waals surface area contributed by atoms with Crippen LogP contribution in [-0.2, 0) is 24.9 Å². The molecule has 261 valence electrons. The molecule has 0 saturated heterocycles. The van der Waals surface area contributed by atoms with Gasteiger partial charge in [-0.2, -0.15) is 0 Å². The summed E-state index contributed by atoms with van der Waals surface area (Å²) in [5, 5.41) is 15.5. The van der Waals surface area contributed by atoms with E-state index >= 15 is 0 Å². The van der Waals surface area contributed by atoms with E-state index in [0.717, 1.165) is 48.3 Å². The molecule has 0 fully saturated rings. The van der Waals surface area contributed by atoms with Gasteiger partial charge in [0.2, 0.25) is 0 Å². The summed E-state index contributed by atoms with van der Waals surface area (Å²) in [6.07, 6.45) is 6.75. The maximum atomic E-state index is 12.2. The minimum absolute atomic E-state index is 0. The summed E-state index contributed by atoms with van der Waals surface area (Å²) in [7, 11) is -1.81. The Kier molecular flexibility index (Phi) is 10.8. The van der Waals surface area contributed by atoms with E-state index in [1.807, 2.05) is 47.7 Å². The molecule has 1 radical (unpaired) electrons. The number of carbonyl (C=O) groups is 1. The van der Waals surface area contributed by atoms with Crippen LogP contribution in [0, 0.1) is 16.9 Å². The van der Waals surface area contributed by atoms with Crippen LogP contribution < -0.4 is 15.3 Å². The van der Waals surface area contributed by atoms with Crippen LogP contribution >= 0.6 is 0 Å². The van der Waals surface area contributed by atoms with E-state index in [9.17, 15) is 9.90 Å². The second kappa shape index (κ2) is 14.4. The van der Waals surface area contributed by atoms with E-state index in [0.29, 0.717) is 0 Å². The molecule has 7 rings (SSSR count). The first-order chi connectivity index (χ1) is 23.5.